The van der Waals surface area contributed by atoms with Gasteiger partial charge in [0.2, 0.25) is 5.88 Å². The third-order valence-electron chi connectivity index (χ3n) is 2.31. The predicted molar refractivity (Wildman–Crippen MR) is 69.8 cm³/mol. The quantitative estimate of drug-likeness (QED) is 0.638. The van der Waals surface area contributed by atoms with Crippen LogP contribution in [0.1, 0.15) is 5.56 Å². The average Bonchev–Trinajstić information content (AvgIpc) is 2.34. The molecule has 92 valence electrons. The molecule has 0 aliphatic heterocycles. The maximum atomic E-state index is 10.7. The monoisotopic (exact) mass is 308 g/mol. The van der Waals surface area contributed by atoms with Crippen LogP contribution in [-0.2, 0) is 0 Å². The number of non-ortho nitro benzene ring substituents is 1. The van der Waals surface area contributed by atoms with Crippen LogP contribution < -0.4 is 4.74 Å². The van der Waals surface area contributed by atoms with Crippen LogP contribution in [-0.4, -0.2) is 9.91 Å². The van der Waals surface area contributed by atoms with E-state index in [0.29, 0.717) is 16.1 Å². The number of aryl methyl sites for hydroxylation is 1. The van der Waals surface area contributed by atoms with Gasteiger partial charge in [0.25, 0.3) is 5.69 Å². The Morgan fingerprint density at radius 1 is 1.39 bits per heavy atom. The van der Waals surface area contributed by atoms with Crippen molar-refractivity contribution < 1.29 is 9.66 Å². The lowest BCUT2D eigenvalue weighted by Gasteiger charge is -2.08. The third-order valence-corrected chi connectivity index (χ3v) is 2.92. The molecule has 0 bridgehead atoms. The van der Waals surface area contributed by atoms with Crippen molar-refractivity contribution in [3.63, 3.8) is 0 Å². The summed E-state index contributed by atoms with van der Waals surface area (Å²) in [6.07, 6.45) is 1.59. The van der Waals surface area contributed by atoms with E-state index in [4.69, 9.17) is 4.74 Å². The number of hydrogen-bond donors (Lipinski definition) is 0. The van der Waals surface area contributed by atoms with Crippen LogP contribution in [0, 0.1) is 17.0 Å². The molecule has 1 heterocycles. The van der Waals surface area contributed by atoms with Gasteiger partial charge >= 0.3 is 0 Å². The van der Waals surface area contributed by atoms with Crippen LogP contribution in [0.15, 0.2) is 41.0 Å². The number of nitro benzene ring substituents is 1. The minimum Gasteiger partial charge on any atom is -0.437 e. The maximum Gasteiger partial charge on any atom is 0.273 e. The predicted octanol–water partition coefficient (Wildman–Crippen LogP) is 3.85. The van der Waals surface area contributed by atoms with E-state index in [-0.39, 0.29) is 5.69 Å². The summed E-state index contributed by atoms with van der Waals surface area (Å²) in [7, 11) is 0. The highest BCUT2D eigenvalue weighted by atomic mass is 79.9. The Hall–Kier alpha value is -1.95. The molecule has 18 heavy (non-hydrogen) atoms. The first-order valence-electron chi connectivity index (χ1n) is 5.11. The Labute approximate surface area is 112 Å². The van der Waals surface area contributed by atoms with Crippen LogP contribution in [0.3, 0.4) is 0 Å². The minimum atomic E-state index is -0.459. The molecular formula is C12H9BrN2O3. The van der Waals surface area contributed by atoms with E-state index in [1.54, 1.807) is 24.4 Å². The molecule has 2 aromatic rings. The second kappa shape index (κ2) is 5.14. The van der Waals surface area contributed by atoms with Gasteiger partial charge in [0.1, 0.15) is 5.75 Å². The van der Waals surface area contributed by atoms with Crippen molar-refractivity contribution >= 4 is 21.6 Å². The molecule has 0 radical (unpaired) electrons. The molecule has 2 rings (SSSR count). The summed E-state index contributed by atoms with van der Waals surface area (Å²) in [5, 5.41) is 10.7. The summed E-state index contributed by atoms with van der Waals surface area (Å²) in [5.41, 5.74) is 0.792. The highest BCUT2D eigenvalue weighted by Gasteiger charge is 2.11. The number of hydrogen-bond acceptors (Lipinski definition) is 4. The van der Waals surface area contributed by atoms with Gasteiger partial charge in [-0.25, -0.2) is 4.98 Å². The molecule has 1 aromatic heterocycles. The van der Waals surface area contributed by atoms with Crippen LogP contribution in [0.2, 0.25) is 0 Å². The SMILES string of the molecule is Cc1ccc([N+](=O)[O-])cc1Oc1ncccc1Br. The zero-order chi connectivity index (χ0) is 13.1. The summed E-state index contributed by atoms with van der Waals surface area (Å²) in [6, 6.07) is 8.02. The number of nitro groups is 1. The number of benzene rings is 1. The number of rotatable bonds is 3. The molecule has 0 aliphatic rings. The summed E-state index contributed by atoms with van der Waals surface area (Å²) in [5.74, 6) is 0.796. The number of nitrogens with zero attached hydrogens (tertiary/aromatic N) is 2. The Morgan fingerprint density at radius 2 is 2.17 bits per heavy atom. The van der Waals surface area contributed by atoms with Crippen molar-refractivity contribution in [1.29, 1.82) is 0 Å². The van der Waals surface area contributed by atoms with E-state index >= 15 is 0 Å². The zero-order valence-corrected chi connectivity index (χ0v) is 11.0. The maximum absolute atomic E-state index is 10.7. The fourth-order valence-corrected chi connectivity index (χ4v) is 1.70. The second-order valence-electron chi connectivity index (χ2n) is 3.60. The number of halogens is 1. The summed E-state index contributed by atoms with van der Waals surface area (Å²) >= 11 is 3.30. The molecule has 0 aliphatic carbocycles. The molecule has 0 fully saturated rings. The Morgan fingerprint density at radius 3 is 2.83 bits per heavy atom. The van der Waals surface area contributed by atoms with Crippen molar-refractivity contribution in [2.45, 2.75) is 6.92 Å². The van der Waals surface area contributed by atoms with E-state index in [9.17, 15) is 10.1 Å². The van der Waals surface area contributed by atoms with Crippen molar-refractivity contribution in [2.24, 2.45) is 0 Å². The van der Waals surface area contributed by atoms with E-state index in [0.717, 1.165) is 5.56 Å². The van der Waals surface area contributed by atoms with Gasteiger partial charge in [-0.05, 0) is 46.6 Å². The van der Waals surface area contributed by atoms with Crippen molar-refractivity contribution in [3.8, 4) is 11.6 Å². The highest BCUT2D eigenvalue weighted by molar-refractivity contribution is 9.10. The van der Waals surface area contributed by atoms with Gasteiger partial charge < -0.3 is 4.74 Å². The smallest absolute Gasteiger partial charge is 0.273 e. The van der Waals surface area contributed by atoms with Gasteiger partial charge in [0, 0.05) is 12.3 Å². The highest BCUT2D eigenvalue weighted by Crippen LogP contribution is 2.31. The van der Waals surface area contributed by atoms with Crippen molar-refractivity contribution in [3.05, 3.63) is 56.7 Å². The first-order chi connectivity index (χ1) is 8.58. The normalized spacial score (nSPS) is 10.1. The Balaban J connectivity index is 2.37. The Kier molecular flexibility index (Phi) is 3.57. The first-order valence-corrected chi connectivity index (χ1v) is 5.90. The molecular weight excluding hydrogens is 300 g/mol. The molecule has 6 heteroatoms. The molecule has 0 unspecified atom stereocenters. The van der Waals surface area contributed by atoms with Crippen LogP contribution in [0.25, 0.3) is 0 Å². The Bertz CT molecular complexity index is 602. The largest absolute Gasteiger partial charge is 0.437 e. The molecule has 0 saturated carbocycles. The van der Waals surface area contributed by atoms with Gasteiger partial charge in [0.05, 0.1) is 15.5 Å². The fraction of sp³-hybridized carbons (Fsp3) is 0.0833. The van der Waals surface area contributed by atoms with Gasteiger partial charge in [-0.15, -0.1) is 0 Å². The average molecular weight is 309 g/mol. The van der Waals surface area contributed by atoms with E-state index < -0.39 is 4.92 Å². The van der Waals surface area contributed by atoms with Gasteiger partial charge in [-0.3, -0.25) is 10.1 Å². The van der Waals surface area contributed by atoms with Crippen LogP contribution in [0.4, 0.5) is 5.69 Å². The molecule has 0 N–H and O–H groups in total. The lowest BCUT2D eigenvalue weighted by atomic mass is 10.2. The van der Waals surface area contributed by atoms with E-state index in [2.05, 4.69) is 20.9 Å². The molecule has 0 amide bonds. The summed E-state index contributed by atoms with van der Waals surface area (Å²) < 4.78 is 6.26. The minimum absolute atomic E-state index is 0.0114. The molecule has 0 spiro atoms. The lowest BCUT2D eigenvalue weighted by molar-refractivity contribution is -0.384. The molecule has 1 aromatic carbocycles. The molecule has 0 atom stereocenters. The number of ether oxygens (including phenoxy) is 1. The van der Waals surface area contributed by atoms with E-state index in [1.807, 2.05) is 6.92 Å². The summed E-state index contributed by atoms with van der Waals surface area (Å²) in [4.78, 5) is 14.3. The molecule has 0 saturated heterocycles. The summed E-state index contributed by atoms with van der Waals surface area (Å²) in [6.45, 7) is 1.82. The first kappa shape index (κ1) is 12.5. The van der Waals surface area contributed by atoms with Crippen LogP contribution in [0.5, 0.6) is 11.6 Å². The third kappa shape index (κ3) is 2.65. The van der Waals surface area contributed by atoms with Crippen molar-refractivity contribution in [1.82, 2.24) is 4.98 Å². The second-order valence-corrected chi connectivity index (χ2v) is 4.45. The van der Waals surface area contributed by atoms with E-state index in [1.165, 1.54) is 12.1 Å². The van der Waals surface area contributed by atoms with Gasteiger partial charge in [-0.2, -0.15) is 0 Å². The van der Waals surface area contributed by atoms with Gasteiger partial charge in [0.15, 0.2) is 0 Å². The van der Waals surface area contributed by atoms with Gasteiger partial charge in [-0.1, -0.05) is 0 Å². The standard InChI is InChI=1S/C12H9BrN2O3/c1-8-4-5-9(15(16)17)7-11(8)18-12-10(13)3-2-6-14-12/h2-7H,1H3. The number of pyridine rings is 1. The molecule has 5 nitrogen and oxygen atoms in total. The lowest BCUT2D eigenvalue weighted by Crippen LogP contribution is -1.93. The fourth-order valence-electron chi connectivity index (χ4n) is 1.36. The zero-order valence-electron chi connectivity index (χ0n) is 9.46. The van der Waals surface area contributed by atoms with Crippen molar-refractivity contribution in [2.75, 3.05) is 0 Å². The van der Waals surface area contributed by atoms with Crippen LogP contribution >= 0.6 is 15.9 Å². The topological polar surface area (TPSA) is 65.3 Å². The number of aromatic nitrogens is 1.